The van der Waals surface area contributed by atoms with E-state index in [1.54, 1.807) is 12.1 Å². The van der Waals surface area contributed by atoms with E-state index in [0.717, 1.165) is 0 Å². The third-order valence-corrected chi connectivity index (χ3v) is 4.98. The number of hydrogen-bond donors (Lipinski definition) is 6. The van der Waals surface area contributed by atoms with Gasteiger partial charge in [0.05, 0.1) is 6.04 Å². The first-order valence-corrected chi connectivity index (χ1v) is 9.73. The molecule has 1 aliphatic rings. The van der Waals surface area contributed by atoms with Gasteiger partial charge in [-0.25, -0.2) is 4.79 Å². The Bertz CT molecular complexity index is 799. The number of carbonyl (C=O) groups is 3. The fourth-order valence-electron chi connectivity index (χ4n) is 3.49. The highest BCUT2D eigenvalue weighted by molar-refractivity contribution is 5.95. The van der Waals surface area contributed by atoms with E-state index in [1.165, 1.54) is 6.07 Å². The highest BCUT2D eigenvalue weighted by Crippen LogP contribution is 2.30. The van der Waals surface area contributed by atoms with Gasteiger partial charge in [-0.15, -0.1) is 0 Å². The van der Waals surface area contributed by atoms with E-state index >= 15 is 0 Å². The highest BCUT2D eigenvalue weighted by Gasteiger charge is 2.37. The molecule has 0 radical (unpaired) electrons. The predicted molar refractivity (Wildman–Crippen MR) is 106 cm³/mol. The van der Waals surface area contributed by atoms with Crippen LogP contribution in [0.25, 0.3) is 0 Å². The summed E-state index contributed by atoms with van der Waals surface area (Å²) in [6, 6.07) is 2.82. The second-order valence-electron chi connectivity index (χ2n) is 7.97. The first-order chi connectivity index (χ1) is 14.0. The summed E-state index contributed by atoms with van der Waals surface area (Å²) in [6.07, 6.45) is -4.06. The zero-order valence-electron chi connectivity index (χ0n) is 16.9. The normalized spacial score (nSPS) is 19.9. The number of nitrogens with one attached hydrogen (secondary N) is 1. The summed E-state index contributed by atoms with van der Waals surface area (Å²) >= 11 is 0. The summed E-state index contributed by atoms with van der Waals surface area (Å²) in [7, 11) is 0. The van der Waals surface area contributed by atoms with Crippen LogP contribution in [0.15, 0.2) is 18.2 Å². The molecule has 2 amide bonds. The van der Waals surface area contributed by atoms with Gasteiger partial charge in [-0.3, -0.25) is 9.59 Å². The van der Waals surface area contributed by atoms with Crippen LogP contribution in [-0.2, 0) is 20.7 Å². The smallest absolute Gasteiger partial charge is 0.342 e. The van der Waals surface area contributed by atoms with Crippen molar-refractivity contribution in [1.29, 1.82) is 0 Å². The molecule has 1 aromatic carbocycles. The number of cyclic esters (lactones) is 1. The number of nitrogens with two attached hydrogens (primary N) is 2. The summed E-state index contributed by atoms with van der Waals surface area (Å²) < 4.78 is 5.45. The summed E-state index contributed by atoms with van der Waals surface area (Å²) in [6.45, 7) is 3.83. The van der Waals surface area contributed by atoms with Crippen LogP contribution in [0.3, 0.4) is 0 Å². The summed E-state index contributed by atoms with van der Waals surface area (Å²) in [5.74, 6) is -2.46. The molecule has 10 nitrogen and oxygen atoms in total. The third kappa shape index (κ3) is 5.68. The molecule has 166 valence electrons. The molecule has 0 saturated heterocycles. The van der Waals surface area contributed by atoms with E-state index in [2.05, 4.69) is 5.32 Å². The van der Waals surface area contributed by atoms with Crippen molar-refractivity contribution in [2.24, 2.45) is 17.4 Å². The average molecular weight is 423 g/mol. The maximum Gasteiger partial charge on any atom is 0.342 e. The van der Waals surface area contributed by atoms with Gasteiger partial charge >= 0.3 is 5.97 Å². The third-order valence-electron chi connectivity index (χ3n) is 4.98. The number of primary amides is 1. The molecule has 0 spiro atoms. The minimum absolute atomic E-state index is 0.0938. The molecule has 1 aromatic rings. The molecule has 0 aliphatic carbocycles. The minimum atomic E-state index is -1.90. The quantitative estimate of drug-likeness (QED) is 0.271. The number of aromatic hydroxyl groups is 1. The Balaban J connectivity index is 2.15. The lowest BCUT2D eigenvalue weighted by atomic mass is 9.90. The van der Waals surface area contributed by atoms with Crippen LogP contribution in [-0.4, -0.2) is 63.5 Å². The van der Waals surface area contributed by atoms with Crippen molar-refractivity contribution >= 4 is 17.8 Å². The Morgan fingerprint density at radius 3 is 2.57 bits per heavy atom. The zero-order valence-corrected chi connectivity index (χ0v) is 16.9. The molecule has 30 heavy (non-hydrogen) atoms. The summed E-state index contributed by atoms with van der Waals surface area (Å²) in [5.41, 5.74) is 11.3. The van der Waals surface area contributed by atoms with Crippen molar-refractivity contribution in [1.82, 2.24) is 5.32 Å². The lowest BCUT2D eigenvalue weighted by molar-refractivity contribution is -0.138. The van der Waals surface area contributed by atoms with Crippen LogP contribution in [0, 0.1) is 5.92 Å². The number of esters is 1. The fourth-order valence-corrected chi connectivity index (χ4v) is 3.49. The van der Waals surface area contributed by atoms with Gasteiger partial charge in [0.1, 0.15) is 23.5 Å². The van der Waals surface area contributed by atoms with Crippen LogP contribution in [0.1, 0.15) is 42.6 Å². The van der Waals surface area contributed by atoms with Gasteiger partial charge in [-0.2, -0.15) is 0 Å². The van der Waals surface area contributed by atoms with Gasteiger partial charge in [-0.1, -0.05) is 26.0 Å². The number of phenolic OH excluding ortho intramolecular Hbond substituents is 1. The van der Waals surface area contributed by atoms with Crippen molar-refractivity contribution in [2.75, 3.05) is 0 Å². The second-order valence-corrected chi connectivity index (χ2v) is 7.97. The monoisotopic (exact) mass is 423 g/mol. The molecule has 8 N–H and O–H groups in total. The number of fused-ring (bicyclic) bond motifs is 1. The van der Waals surface area contributed by atoms with Gasteiger partial charge in [0.2, 0.25) is 5.91 Å². The molecule has 1 aliphatic heterocycles. The van der Waals surface area contributed by atoms with Gasteiger partial charge < -0.3 is 36.8 Å². The maximum atomic E-state index is 12.5. The van der Waals surface area contributed by atoms with Crippen LogP contribution in [0.5, 0.6) is 5.75 Å². The van der Waals surface area contributed by atoms with Crippen LogP contribution in [0.4, 0.5) is 0 Å². The van der Waals surface area contributed by atoms with Gasteiger partial charge in [0.25, 0.3) is 5.91 Å². The standard InChI is InChI=1S/C20H29N3O7/c1-9(2)6-12(23-19(28)18(27)17(26)11(21)8-15(22)25)14-7-10-4-3-5-13(24)16(10)20(29)30-14/h3-5,9,11-12,14,17-18,24,26-27H,6-8,21H2,1-2H3,(H2,22,25)(H,23,28)/t11-,12-,14-,17-,18-/m0/s1. The molecule has 10 heteroatoms. The molecule has 0 fully saturated rings. The number of carbonyl (C=O) groups excluding carboxylic acids is 3. The van der Waals surface area contributed by atoms with E-state index in [0.29, 0.717) is 12.0 Å². The topological polar surface area (TPSA) is 185 Å². The minimum Gasteiger partial charge on any atom is -0.507 e. The highest BCUT2D eigenvalue weighted by atomic mass is 16.5. The van der Waals surface area contributed by atoms with Crippen LogP contribution in [0.2, 0.25) is 0 Å². The van der Waals surface area contributed by atoms with Crippen LogP contribution >= 0.6 is 0 Å². The SMILES string of the molecule is CC(C)C[C@H](NC(=O)[C@@H](O)[C@@H](O)[C@@H](N)CC(N)=O)[C@@H]1Cc2cccc(O)c2C(=O)O1. The van der Waals surface area contributed by atoms with Crippen molar-refractivity contribution in [3.63, 3.8) is 0 Å². The van der Waals surface area contributed by atoms with E-state index in [4.69, 9.17) is 16.2 Å². The van der Waals surface area contributed by atoms with E-state index in [-0.39, 0.29) is 23.7 Å². The molecule has 0 unspecified atom stereocenters. The van der Waals surface area contributed by atoms with Gasteiger partial charge in [0, 0.05) is 18.9 Å². The van der Waals surface area contributed by atoms with Crippen molar-refractivity contribution in [2.45, 2.75) is 63.5 Å². The lowest BCUT2D eigenvalue weighted by Gasteiger charge is -2.34. The Labute approximate surface area is 174 Å². The first-order valence-electron chi connectivity index (χ1n) is 9.73. The number of ether oxygens (including phenoxy) is 1. The number of aliphatic hydroxyl groups is 2. The fraction of sp³-hybridized carbons (Fsp3) is 0.550. The molecule has 1 heterocycles. The molecule has 0 bridgehead atoms. The number of phenols is 1. The van der Waals surface area contributed by atoms with Crippen LogP contribution < -0.4 is 16.8 Å². The van der Waals surface area contributed by atoms with E-state index in [1.807, 2.05) is 13.8 Å². The maximum absolute atomic E-state index is 12.5. The lowest BCUT2D eigenvalue weighted by Crippen LogP contribution is -2.56. The van der Waals surface area contributed by atoms with Gasteiger partial charge in [0.15, 0.2) is 6.10 Å². The summed E-state index contributed by atoms with van der Waals surface area (Å²) in [5, 5.41) is 32.7. The van der Waals surface area contributed by atoms with E-state index < -0.39 is 54.6 Å². The Hall–Kier alpha value is -2.69. The Morgan fingerprint density at radius 1 is 1.30 bits per heavy atom. The van der Waals surface area contributed by atoms with Gasteiger partial charge in [-0.05, 0) is 24.0 Å². The molecular weight excluding hydrogens is 394 g/mol. The summed E-state index contributed by atoms with van der Waals surface area (Å²) in [4.78, 5) is 35.8. The van der Waals surface area contributed by atoms with Crippen molar-refractivity contribution in [3.05, 3.63) is 29.3 Å². The molecule has 5 atom stereocenters. The first kappa shape index (κ1) is 23.6. The van der Waals surface area contributed by atoms with Crippen molar-refractivity contribution in [3.8, 4) is 5.75 Å². The number of benzene rings is 1. The molecule has 2 rings (SSSR count). The molecular formula is C20H29N3O7. The predicted octanol–water partition coefficient (Wildman–Crippen LogP) is -1.07. The second kappa shape index (κ2) is 9.88. The van der Waals surface area contributed by atoms with Crippen molar-refractivity contribution < 1.29 is 34.4 Å². The Kier molecular flexibility index (Phi) is 7.77. The number of hydrogen-bond acceptors (Lipinski definition) is 8. The number of aliphatic hydroxyl groups excluding tert-OH is 2. The number of rotatable bonds is 9. The molecule has 0 aromatic heterocycles. The largest absolute Gasteiger partial charge is 0.507 e. The zero-order chi connectivity index (χ0) is 22.6. The van der Waals surface area contributed by atoms with E-state index in [9.17, 15) is 29.7 Å². The molecule has 0 saturated carbocycles. The Morgan fingerprint density at radius 2 is 1.97 bits per heavy atom. The average Bonchev–Trinajstić information content (AvgIpc) is 2.65. The number of amides is 2.